The van der Waals surface area contributed by atoms with Gasteiger partial charge in [-0.05, 0) is 42.7 Å². The van der Waals surface area contributed by atoms with E-state index in [4.69, 9.17) is 11.6 Å². The lowest BCUT2D eigenvalue weighted by atomic mass is 9.87. The zero-order chi connectivity index (χ0) is 10.7. The van der Waals surface area contributed by atoms with Crippen molar-refractivity contribution < 1.29 is 0 Å². The van der Waals surface area contributed by atoms with Gasteiger partial charge in [-0.15, -0.1) is 0 Å². The Balaban J connectivity index is 1.99. The smallest absolute Gasteiger partial charge is 0.0438 e. The molecule has 2 rings (SSSR count). The van der Waals surface area contributed by atoms with Crippen LogP contribution in [-0.2, 0) is 6.42 Å². The summed E-state index contributed by atoms with van der Waals surface area (Å²) in [5.41, 5.74) is 1.30. The highest BCUT2D eigenvalue weighted by Gasteiger charge is 2.22. The number of halogens is 1. The van der Waals surface area contributed by atoms with Crippen molar-refractivity contribution in [2.24, 2.45) is 5.92 Å². The van der Waals surface area contributed by atoms with Gasteiger partial charge in [-0.25, -0.2) is 0 Å². The van der Waals surface area contributed by atoms with Gasteiger partial charge in [0.1, 0.15) is 0 Å². The van der Waals surface area contributed by atoms with Crippen LogP contribution in [0.2, 0.25) is 5.02 Å². The van der Waals surface area contributed by atoms with Gasteiger partial charge >= 0.3 is 0 Å². The van der Waals surface area contributed by atoms with Crippen LogP contribution in [0.4, 0.5) is 0 Å². The van der Waals surface area contributed by atoms with E-state index in [2.05, 4.69) is 19.1 Å². The monoisotopic (exact) mass is 221 g/mol. The number of hydrogen-bond acceptors (Lipinski definition) is 0. The molecule has 1 fully saturated rings. The number of rotatable bonds is 3. The van der Waals surface area contributed by atoms with Crippen molar-refractivity contribution >= 4 is 11.6 Å². The molecule has 0 aromatic heterocycles. The van der Waals surface area contributed by atoms with Crippen LogP contribution in [-0.4, -0.2) is 0 Å². The van der Waals surface area contributed by atoms with Crippen LogP contribution in [0.3, 0.4) is 0 Å². The third-order valence-corrected chi connectivity index (χ3v) is 3.80. The Morgan fingerprint density at radius 2 is 1.87 bits per heavy atom. The molecule has 0 heterocycles. The highest BCUT2D eigenvalue weighted by molar-refractivity contribution is 6.31. The van der Waals surface area contributed by atoms with Crippen LogP contribution in [0, 0.1) is 11.8 Å². The summed E-state index contributed by atoms with van der Waals surface area (Å²) in [6.45, 7) is 2.34. The second kappa shape index (κ2) is 5.03. The molecule has 0 spiro atoms. The first-order chi connectivity index (χ1) is 7.27. The lowest BCUT2D eigenvalue weighted by Gasteiger charge is -2.18. The zero-order valence-corrected chi connectivity index (χ0v) is 10.1. The molecule has 1 saturated carbocycles. The molecule has 1 unspecified atom stereocenters. The van der Waals surface area contributed by atoms with Gasteiger partial charge < -0.3 is 0 Å². The van der Waals surface area contributed by atoms with E-state index in [0.29, 0.717) is 5.92 Å². The normalized spacial score (nSPS) is 19.3. The van der Waals surface area contributed by atoms with Gasteiger partial charge in [0.2, 0.25) is 0 Å². The molecule has 0 amide bonds. The Kier molecular flexibility index (Phi) is 3.69. The van der Waals surface area contributed by atoms with Crippen molar-refractivity contribution in [3.63, 3.8) is 0 Å². The van der Waals surface area contributed by atoms with Crippen LogP contribution in [0.25, 0.3) is 0 Å². The Morgan fingerprint density at radius 3 is 2.53 bits per heavy atom. The molecule has 1 heteroatoms. The van der Waals surface area contributed by atoms with Gasteiger partial charge in [0, 0.05) is 5.02 Å². The Morgan fingerprint density at radius 1 is 1.20 bits per heavy atom. The third kappa shape index (κ3) is 2.75. The van der Waals surface area contributed by atoms with Gasteiger partial charge in [0.25, 0.3) is 0 Å². The SMILES string of the molecule is CC(Cc1ccccc1Cl)[C]1CCCC1. The maximum atomic E-state index is 6.17. The summed E-state index contributed by atoms with van der Waals surface area (Å²) >= 11 is 6.17. The molecule has 1 aromatic rings. The van der Waals surface area contributed by atoms with Gasteiger partial charge in [-0.3, -0.25) is 0 Å². The molecule has 0 bridgehead atoms. The minimum absolute atomic E-state index is 0.701. The fourth-order valence-corrected chi connectivity index (χ4v) is 2.67. The lowest BCUT2D eigenvalue weighted by molar-refractivity contribution is 0.562. The molecule has 81 valence electrons. The zero-order valence-electron chi connectivity index (χ0n) is 9.30. The van der Waals surface area contributed by atoms with Gasteiger partial charge in [-0.1, -0.05) is 49.6 Å². The average Bonchev–Trinajstić information content (AvgIpc) is 2.74. The summed E-state index contributed by atoms with van der Waals surface area (Å²) in [6.07, 6.45) is 6.57. The molecule has 15 heavy (non-hydrogen) atoms. The van der Waals surface area contributed by atoms with E-state index >= 15 is 0 Å². The Labute approximate surface area is 97.6 Å². The van der Waals surface area contributed by atoms with Crippen molar-refractivity contribution in [2.75, 3.05) is 0 Å². The molecule has 0 saturated heterocycles. The Bertz CT molecular complexity index is 313. The van der Waals surface area contributed by atoms with Gasteiger partial charge in [0.15, 0.2) is 0 Å². The fourth-order valence-electron chi connectivity index (χ4n) is 2.46. The largest absolute Gasteiger partial charge is 0.0840 e. The first-order valence-electron chi connectivity index (χ1n) is 5.85. The minimum atomic E-state index is 0.701. The van der Waals surface area contributed by atoms with Crippen LogP contribution in [0.1, 0.15) is 38.2 Å². The molecule has 1 atom stereocenters. The van der Waals surface area contributed by atoms with Crippen LogP contribution in [0.15, 0.2) is 24.3 Å². The molecule has 1 radical (unpaired) electrons. The summed E-state index contributed by atoms with van der Waals surface area (Å²) in [7, 11) is 0. The third-order valence-electron chi connectivity index (χ3n) is 3.43. The highest BCUT2D eigenvalue weighted by atomic mass is 35.5. The summed E-state index contributed by atoms with van der Waals surface area (Å²) < 4.78 is 0. The van der Waals surface area contributed by atoms with Gasteiger partial charge in [0.05, 0.1) is 0 Å². The van der Waals surface area contributed by atoms with E-state index in [0.717, 1.165) is 11.4 Å². The number of hydrogen-bond donors (Lipinski definition) is 0. The maximum Gasteiger partial charge on any atom is 0.0438 e. The van der Waals surface area contributed by atoms with Crippen LogP contribution < -0.4 is 0 Å². The summed E-state index contributed by atoms with van der Waals surface area (Å²) in [4.78, 5) is 0. The quantitative estimate of drug-likeness (QED) is 0.696. The fraction of sp³-hybridized carbons (Fsp3) is 0.500. The van der Waals surface area contributed by atoms with Crippen LogP contribution in [0.5, 0.6) is 0 Å². The average molecular weight is 222 g/mol. The van der Waals surface area contributed by atoms with Crippen molar-refractivity contribution in [1.29, 1.82) is 0 Å². The first-order valence-corrected chi connectivity index (χ1v) is 6.23. The predicted octanol–water partition coefficient (Wildman–Crippen LogP) is 4.67. The van der Waals surface area contributed by atoms with E-state index in [1.807, 2.05) is 12.1 Å². The maximum absolute atomic E-state index is 6.17. The van der Waals surface area contributed by atoms with Crippen molar-refractivity contribution in [3.05, 3.63) is 40.8 Å². The topological polar surface area (TPSA) is 0 Å². The van der Waals surface area contributed by atoms with Crippen molar-refractivity contribution in [1.82, 2.24) is 0 Å². The van der Waals surface area contributed by atoms with E-state index in [1.165, 1.54) is 31.2 Å². The molecule has 0 aliphatic heterocycles. The minimum Gasteiger partial charge on any atom is -0.0840 e. The molecular weight excluding hydrogens is 204 g/mol. The first kappa shape index (κ1) is 11.0. The Hall–Kier alpha value is -0.490. The molecule has 1 aliphatic rings. The summed E-state index contributed by atoms with van der Waals surface area (Å²) in [5, 5.41) is 0.919. The van der Waals surface area contributed by atoms with E-state index in [1.54, 1.807) is 5.92 Å². The standard InChI is InChI=1S/C14H18Cl/c1-11(12-6-2-3-7-12)10-13-8-4-5-9-14(13)15/h4-5,8-9,11H,2-3,6-7,10H2,1H3. The second-order valence-corrected chi connectivity index (χ2v) is 4.97. The van der Waals surface area contributed by atoms with Crippen molar-refractivity contribution in [3.8, 4) is 0 Å². The van der Waals surface area contributed by atoms with Gasteiger partial charge in [-0.2, -0.15) is 0 Å². The van der Waals surface area contributed by atoms with E-state index < -0.39 is 0 Å². The highest BCUT2D eigenvalue weighted by Crippen LogP contribution is 2.35. The molecular formula is C14H18Cl. The molecule has 0 N–H and O–H groups in total. The summed E-state index contributed by atoms with van der Waals surface area (Å²) in [5.74, 6) is 2.45. The van der Waals surface area contributed by atoms with Crippen molar-refractivity contribution in [2.45, 2.75) is 39.0 Å². The molecule has 0 nitrogen and oxygen atoms in total. The molecule has 1 aliphatic carbocycles. The van der Waals surface area contributed by atoms with E-state index in [9.17, 15) is 0 Å². The summed E-state index contributed by atoms with van der Waals surface area (Å²) in [6, 6.07) is 8.21. The predicted molar refractivity (Wildman–Crippen MR) is 66.0 cm³/mol. The van der Waals surface area contributed by atoms with E-state index in [-0.39, 0.29) is 0 Å². The van der Waals surface area contributed by atoms with Crippen LogP contribution >= 0.6 is 11.6 Å². The number of benzene rings is 1. The molecule has 1 aromatic carbocycles. The second-order valence-electron chi connectivity index (χ2n) is 4.56. The lowest BCUT2D eigenvalue weighted by Crippen LogP contribution is -2.08.